The van der Waals surface area contributed by atoms with Crippen molar-refractivity contribution in [1.82, 2.24) is 4.90 Å². The van der Waals surface area contributed by atoms with Crippen LogP contribution in [0.1, 0.15) is 35.6 Å². The summed E-state index contributed by atoms with van der Waals surface area (Å²) in [5.74, 6) is 0. The summed E-state index contributed by atoms with van der Waals surface area (Å²) in [5.41, 5.74) is 6.15. The van der Waals surface area contributed by atoms with E-state index in [0.29, 0.717) is 0 Å². The molecule has 1 aromatic rings. The molecule has 0 spiro atoms. The number of nitrogens with zero attached hydrogens (tertiary/aromatic N) is 1. The number of hydrogen-bond acceptors (Lipinski definition) is 3. The first-order chi connectivity index (χ1) is 7.13. The fourth-order valence-corrected chi connectivity index (χ4v) is 2.47. The minimum atomic E-state index is 0.172. The minimum absolute atomic E-state index is 0.172. The molecule has 0 saturated carbocycles. The van der Waals surface area contributed by atoms with Gasteiger partial charge in [-0.15, -0.1) is 11.3 Å². The maximum Gasteiger partial charge on any atom is 0.0519 e. The second-order valence-electron chi connectivity index (χ2n) is 4.17. The molecule has 1 heterocycles. The first-order valence-electron chi connectivity index (χ1n) is 5.64. The van der Waals surface area contributed by atoms with Crippen LogP contribution in [-0.4, -0.2) is 25.0 Å². The first-order valence-corrected chi connectivity index (χ1v) is 6.45. The highest BCUT2D eigenvalue weighted by molar-refractivity contribution is 7.12. The normalized spacial score (nSPS) is 13.4. The lowest BCUT2D eigenvalue weighted by Gasteiger charge is -2.20. The molecule has 0 radical (unpaired) electrons. The molecule has 1 aromatic heterocycles. The van der Waals surface area contributed by atoms with Crippen LogP contribution < -0.4 is 5.73 Å². The van der Waals surface area contributed by atoms with Crippen molar-refractivity contribution >= 4 is 11.3 Å². The van der Waals surface area contributed by atoms with Gasteiger partial charge in [0.1, 0.15) is 0 Å². The van der Waals surface area contributed by atoms with Crippen LogP contribution in [0.2, 0.25) is 0 Å². The number of unbranched alkanes of at least 4 members (excludes halogenated alkanes) is 1. The Morgan fingerprint density at radius 1 is 1.47 bits per heavy atom. The number of hydrogen-bond donors (Lipinski definition) is 1. The molecule has 0 amide bonds. The highest BCUT2D eigenvalue weighted by Crippen LogP contribution is 2.21. The Morgan fingerprint density at radius 3 is 2.73 bits per heavy atom. The van der Waals surface area contributed by atoms with E-state index in [1.807, 2.05) is 11.3 Å². The zero-order valence-corrected chi connectivity index (χ0v) is 10.8. The fourth-order valence-electron chi connectivity index (χ4n) is 1.60. The van der Waals surface area contributed by atoms with Crippen LogP contribution >= 0.6 is 11.3 Å². The number of likely N-dealkylation sites (N-methyl/N-ethyl adjacent to an activating group) is 1. The Hall–Kier alpha value is -0.380. The quantitative estimate of drug-likeness (QED) is 0.808. The summed E-state index contributed by atoms with van der Waals surface area (Å²) in [6.45, 7) is 6.45. The largest absolute Gasteiger partial charge is 0.322 e. The van der Waals surface area contributed by atoms with E-state index in [-0.39, 0.29) is 6.04 Å². The van der Waals surface area contributed by atoms with E-state index in [2.05, 4.69) is 37.9 Å². The van der Waals surface area contributed by atoms with Crippen molar-refractivity contribution in [2.45, 2.75) is 32.7 Å². The van der Waals surface area contributed by atoms with Gasteiger partial charge in [0.05, 0.1) is 6.04 Å². The van der Waals surface area contributed by atoms with Gasteiger partial charge in [-0.3, -0.25) is 0 Å². The molecule has 86 valence electrons. The van der Waals surface area contributed by atoms with Crippen LogP contribution in [0.25, 0.3) is 0 Å². The van der Waals surface area contributed by atoms with Gasteiger partial charge in [0.2, 0.25) is 0 Å². The van der Waals surface area contributed by atoms with E-state index in [4.69, 9.17) is 5.73 Å². The lowest BCUT2D eigenvalue weighted by atomic mass is 10.2. The number of nitrogens with two attached hydrogens (primary N) is 1. The van der Waals surface area contributed by atoms with Crippen LogP contribution in [-0.2, 0) is 0 Å². The number of aryl methyl sites for hydroxylation is 1. The molecule has 0 bridgehead atoms. The molecule has 0 saturated heterocycles. The molecule has 2 N–H and O–H groups in total. The summed E-state index contributed by atoms with van der Waals surface area (Å²) in [7, 11) is 2.15. The molecule has 0 aromatic carbocycles. The zero-order valence-electron chi connectivity index (χ0n) is 9.99. The number of thiophene rings is 1. The van der Waals surface area contributed by atoms with Crippen molar-refractivity contribution in [1.29, 1.82) is 0 Å². The summed E-state index contributed by atoms with van der Waals surface area (Å²) < 4.78 is 0. The monoisotopic (exact) mass is 226 g/mol. The van der Waals surface area contributed by atoms with Crippen molar-refractivity contribution in [3.8, 4) is 0 Å². The highest BCUT2D eigenvalue weighted by Gasteiger charge is 2.10. The van der Waals surface area contributed by atoms with Crippen LogP contribution in [0.5, 0.6) is 0 Å². The molecule has 2 nitrogen and oxygen atoms in total. The molecular formula is C12H22N2S. The highest BCUT2D eigenvalue weighted by atomic mass is 32.1. The third kappa shape index (κ3) is 4.33. The van der Waals surface area contributed by atoms with Gasteiger partial charge < -0.3 is 10.6 Å². The van der Waals surface area contributed by atoms with Gasteiger partial charge in [-0.05, 0) is 39.1 Å². The molecule has 1 rings (SSSR count). The Morgan fingerprint density at radius 2 is 2.20 bits per heavy atom. The van der Waals surface area contributed by atoms with Gasteiger partial charge in [-0.25, -0.2) is 0 Å². The Kier molecular flexibility index (Phi) is 5.29. The van der Waals surface area contributed by atoms with Crippen LogP contribution in [0.3, 0.4) is 0 Å². The van der Waals surface area contributed by atoms with E-state index in [1.165, 1.54) is 22.6 Å². The maximum atomic E-state index is 6.15. The first kappa shape index (κ1) is 12.7. The molecule has 0 aliphatic carbocycles. The van der Waals surface area contributed by atoms with Gasteiger partial charge in [0.25, 0.3) is 0 Å². The Labute approximate surface area is 97.1 Å². The lowest BCUT2D eigenvalue weighted by Crippen LogP contribution is -2.29. The fraction of sp³-hybridized carbons (Fsp3) is 0.667. The SMILES string of the molecule is CCCCN(C)CC(N)c1ccc(C)s1. The van der Waals surface area contributed by atoms with Crippen molar-refractivity contribution in [3.63, 3.8) is 0 Å². The van der Waals surface area contributed by atoms with E-state index >= 15 is 0 Å². The van der Waals surface area contributed by atoms with E-state index < -0.39 is 0 Å². The Bertz CT molecular complexity index is 283. The molecular weight excluding hydrogens is 204 g/mol. The van der Waals surface area contributed by atoms with E-state index in [1.54, 1.807) is 0 Å². The maximum absolute atomic E-state index is 6.15. The minimum Gasteiger partial charge on any atom is -0.322 e. The molecule has 0 aliphatic rings. The average molecular weight is 226 g/mol. The summed E-state index contributed by atoms with van der Waals surface area (Å²) >= 11 is 1.81. The molecule has 0 fully saturated rings. The van der Waals surface area contributed by atoms with Crippen molar-refractivity contribution in [2.24, 2.45) is 5.73 Å². The topological polar surface area (TPSA) is 29.3 Å². The summed E-state index contributed by atoms with van der Waals surface area (Å²) in [6, 6.07) is 4.47. The summed E-state index contributed by atoms with van der Waals surface area (Å²) in [5, 5.41) is 0. The molecule has 3 heteroatoms. The number of rotatable bonds is 6. The van der Waals surface area contributed by atoms with E-state index in [0.717, 1.165) is 13.1 Å². The average Bonchev–Trinajstić information content (AvgIpc) is 2.61. The predicted molar refractivity (Wildman–Crippen MR) is 68.4 cm³/mol. The van der Waals surface area contributed by atoms with Gasteiger partial charge in [-0.1, -0.05) is 13.3 Å². The van der Waals surface area contributed by atoms with Crippen molar-refractivity contribution in [2.75, 3.05) is 20.1 Å². The predicted octanol–water partition coefficient (Wildman–Crippen LogP) is 2.79. The van der Waals surface area contributed by atoms with Crippen molar-refractivity contribution < 1.29 is 0 Å². The molecule has 1 unspecified atom stereocenters. The lowest BCUT2D eigenvalue weighted by molar-refractivity contribution is 0.309. The van der Waals surface area contributed by atoms with Crippen LogP contribution in [0, 0.1) is 6.92 Å². The van der Waals surface area contributed by atoms with E-state index in [9.17, 15) is 0 Å². The third-order valence-electron chi connectivity index (χ3n) is 2.53. The molecule has 1 atom stereocenters. The summed E-state index contributed by atoms with van der Waals surface area (Å²) in [6.07, 6.45) is 2.50. The Balaban J connectivity index is 2.38. The van der Waals surface area contributed by atoms with Gasteiger partial charge in [-0.2, -0.15) is 0 Å². The van der Waals surface area contributed by atoms with Gasteiger partial charge >= 0.3 is 0 Å². The van der Waals surface area contributed by atoms with Gasteiger partial charge in [0, 0.05) is 16.3 Å². The zero-order chi connectivity index (χ0) is 11.3. The van der Waals surface area contributed by atoms with Crippen LogP contribution in [0.15, 0.2) is 12.1 Å². The third-order valence-corrected chi connectivity index (χ3v) is 3.66. The second kappa shape index (κ2) is 6.26. The van der Waals surface area contributed by atoms with Gasteiger partial charge in [0.15, 0.2) is 0 Å². The van der Waals surface area contributed by atoms with Crippen LogP contribution in [0.4, 0.5) is 0 Å². The molecule has 15 heavy (non-hydrogen) atoms. The molecule has 0 aliphatic heterocycles. The standard InChI is InChI=1S/C12H22N2S/c1-4-5-8-14(3)9-11(13)12-7-6-10(2)15-12/h6-7,11H,4-5,8-9,13H2,1-3H3. The summed E-state index contributed by atoms with van der Waals surface area (Å²) in [4.78, 5) is 4.97. The smallest absolute Gasteiger partial charge is 0.0519 e. The second-order valence-corrected chi connectivity index (χ2v) is 5.49. The van der Waals surface area contributed by atoms with Crippen molar-refractivity contribution in [3.05, 3.63) is 21.9 Å².